The normalized spacial score (nSPS) is 12.7. The SMILES string of the molecule is CCCC(NS(=O)(=O)c1cc(F)ccc1C(=O)OC)C(=O)O. The van der Waals surface area contributed by atoms with E-state index in [2.05, 4.69) is 4.74 Å². The minimum atomic E-state index is -4.41. The molecule has 1 aromatic carbocycles. The summed E-state index contributed by atoms with van der Waals surface area (Å²) in [5.41, 5.74) is -0.378. The van der Waals surface area contributed by atoms with Gasteiger partial charge in [0.2, 0.25) is 10.0 Å². The van der Waals surface area contributed by atoms with Crippen LogP contribution in [0.5, 0.6) is 0 Å². The van der Waals surface area contributed by atoms with Gasteiger partial charge in [0.25, 0.3) is 0 Å². The molecule has 0 radical (unpaired) electrons. The summed E-state index contributed by atoms with van der Waals surface area (Å²) in [7, 11) is -3.36. The van der Waals surface area contributed by atoms with Gasteiger partial charge in [0.15, 0.2) is 0 Å². The van der Waals surface area contributed by atoms with Gasteiger partial charge in [0, 0.05) is 0 Å². The number of nitrogens with one attached hydrogen (secondary N) is 1. The van der Waals surface area contributed by atoms with Crippen molar-refractivity contribution in [2.45, 2.75) is 30.7 Å². The molecular formula is C13H16FNO6S. The van der Waals surface area contributed by atoms with E-state index in [1.54, 1.807) is 6.92 Å². The summed E-state index contributed by atoms with van der Waals surface area (Å²) in [6, 6.07) is 1.14. The fourth-order valence-corrected chi connectivity index (χ4v) is 3.20. The average molecular weight is 333 g/mol. The molecule has 0 fully saturated rings. The van der Waals surface area contributed by atoms with E-state index in [9.17, 15) is 22.4 Å². The Morgan fingerprint density at radius 3 is 2.55 bits per heavy atom. The Bertz CT molecular complexity index is 673. The van der Waals surface area contributed by atoms with Crippen LogP contribution in [0.4, 0.5) is 4.39 Å². The third-order valence-electron chi connectivity index (χ3n) is 2.81. The quantitative estimate of drug-likeness (QED) is 0.724. The number of hydrogen-bond acceptors (Lipinski definition) is 5. The van der Waals surface area contributed by atoms with E-state index >= 15 is 0 Å². The number of benzene rings is 1. The molecule has 0 bridgehead atoms. The van der Waals surface area contributed by atoms with Crippen molar-refractivity contribution < 1.29 is 32.2 Å². The van der Waals surface area contributed by atoms with Crippen LogP contribution in [0, 0.1) is 5.82 Å². The van der Waals surface area contributed by atoms with Crippen LogP contribution in [0.3, 0.4) is 0 Å². The van der Waals surface area contributed by atoms with Crippen LogP contribution in [-0.2, 0) is 19.6 Å². The summed E-state index contributed by atoms with van der Waals surface area (Å²) < 4.78 is 44.3. The molecular weight excluding hydrogens is 317 g/mol. The van der Waals surface area contributed by atoms with E-state index in [0.29, 0.717) is 12.5 Å². The second kappa shape index (κ2) is 7.32. The Morgan fingerprint density at radius 1 is 1.41 bits per heavy atom. The Morgan fingerprint density at radius 2 is 2.05 bits per heavy atom. The zero-order valence-corrected chi connectivity index (χ0v) is 12.8. The topological polar surface area (TPSA) is 110 Å². The Hall–Kier alpha value is -2.00. The number of hydrogen-bond donors (Lipinski definition) is 2. The lowest BCUT2D eigenvalue weighted by molar-refractivity contribution is -0.139. The lowest BCUT2D eigenvalue weighted by Crippen LogP contribution is -2.41. The third kappa shape index (κ3) is 4.25. The van der Waals surface area contributed by atoms with Crippen LogP contribution in [0.1, 0.15) is 30.1 Å². The molecule has 0 aliphatic rings. The second-order valence-electron chi connectivity index (χ2n) is 4.43. The van der Waals surface area contributed by atoms with E-state index in [-0.39, 0.29) is 12.0 Å². The van der Waals surface area contributed by atoms with Crippen LogP contribution in [-0.4, -0.2) is 38.6 Å². The van der Waals surface area contributed by atoms with Gasteiger partial charge in [-0.05, 0) is 24.6 Å². The predicted molar refractivity (Wildman–Crippen MR) is 74.4 cm³/mol. The number of esters is 1. The molecule has 1 atom stereocenters. The molecule has 0 aliphatic carbocycles. The molecule has 22 heavy (non-hydrogen) atoms. The van der Waals surface area contributed by atoms with Crippen molar-refractivity contribution in [2.75, 3.05) is 7.11 Å². The number of methoxy groups -OCH3 is 1. The van der Waals surface area contributed by atoms with Crippen molar-refractivity contribution in [3.63, 3.8) is 0 Å². The average Bonchev–Trinajstić information content (AvgIpc) is 2.45. The summed E-state index contributed by atoms with van der Waals surface area (Å²) in [6.07, 6.45) is 0.476. The first-order valence-corrected chi connectivity index (χ1v) is 7.84. The first-order valence-electron chi connectivity index (χ1n) is 6.36. The molecule has 0 aliphatic heterocycles. The molecule has 1 aromatic rings. The maximum absolute atomic E-state index is 13.3. The summed E-state index contributed by atoms with van der Waals surface area (Å²) >= 11 is 0. The molecule has 7 nitrogen and oxygen atoms in total. The minimum absolute atomic E-state index is 0.0530. The van der Waals surface area contributed by atoms with Gasteiger partial charge in [-0.1, -0.05) is 13.3 Å². The van der Waals surface area contributed by atoms with Crippen LogP contribution in [0.25, 0.3) is 0 Å². The molecule has 0 aromatic heterocycles. The zero-order valence-electron chi connectivity index (χ0n) is 12.0. The first-order chi connectivity index (χ1) is 10.2. The van der Waals surface area contributed by atoms with Crippen molar-refractivity contribution in [2.24, 2.45) is 0 Å². The molecule has 0 saturated carbocycles. The lowest BCUT2D eigenvalue weighted by Gasteiger charge is -2.15. The fourth-order valence-electron chi connectivity index (χ4n) is 1.77. The van der Waals surface area contributed by atoms with Gasteiger partial charge in [0.1, 0.15) is 11.9 Å². The summed E-state index contributed by atoms with van der Waals surface area (Å²) in [5.74, 6) is -3.21. The fraction of sp³-hybridized carbons (Fsp3) is 0.385. The number of carboxylic acids is 1. The minimum Gasteiger partial charge on any atom is -0.480 e. The Labute approximate surface area is 127 Å². The van der Waals surface area contributed by atoms with Gasteiger partial charge in [-0.2, -0.15) is 4.72 Å². The van der Waals surface area contributed by atoms with E-state index < -0.39 is 38.7 Å². The van der Waals surface area contributed by atoms with E-state index in [1.807, 2.05) is 4.72 Å². The first kappa shape index (κ1) is 18.1. The number of ether oxygens (including phenoxy) is 1. The number of halogens is 1. The smallest absolute Gasteiger partial charge is 0.339 e. The number of sulfonamides is 1. The molecule has 0 saturated heterocycles. The molecule has 1 rings (SSSR count). The van der Waals surface area contributed by atoms with Crippen LogP contribution >= 0.6 is 0 Å². The second-order valence-corrected chi connectivity index (χ2v) is 6.12. The van der Waals surface area contributed by atoms with Crippen molar-refractivity contribution in [1.29, 1.82) is 0 Å². The molecule has 0 spiro atoms. The third-order valence-corrected chi connectivity index (χ3v) is 4.32. The maximum Gasteiger partial charge on any atom is 0.339 e. The van der Waals surface area contributed by atoms with Gasteiger partial charge >= 0.3 is 11.9 Å². The van der Waals surface area contributed by atoms with E-state index in [4.69, 9.17) is 5.11 Å². The zero-order chi connectivity index (χ0) is 16.9. The molecule has 2 N–H and O–H groups in total. The highest BCUT2D eigenvalue weighted by Gasteiger charge is 2.29. The van der Waals surface area contributed by atoms with Gasteiger partial charge in [-0.3, -0.25) is 4.79 Å². The van der Waals surface area contributed by atoms with E-state index in [1.165, 1.54) is 0 Å². The van der Waals surface area contributed by atoms with Crippen molar-refractivity contribution >= 4 is 22.0 Å². The van der Waals surface area contributed by atoms with Crippen molar-refractivity contribution in [3.05, 3.63) is 29.6 Å². The standard InChI is InChI=1S/C13H16FNO6S/c1-3-4-10(12(16)17)15-22(19,20)11-7-8(14)5-6-9(11)13(18)21-2/h5-7,10,15H,3-4H2,1-2H3,(H,16,17). The van der Waals surface area contributed by atoms with Crippen LogP contribution in [0.15, 0.2) is 23.1 Å². The summed E-state index contributed by atoms with van der Waals surface area (Å²) in [5, 5.41) is 9.00. The number of aliphatic carboxylic acids is 1. The van der Waals surface area contributed by atoms with Crippen LogP contribution in [0.2, 0.25) is 0 Å². The van der Waals surface area contributed by atoms with Crippen LogP contribution < -0.4 is 4.72 Å². The highest BCUT2D eigenvalue weighted by atomic mass is 32.2. The van der Waals surface area contributed by atoms with Crippen molar-refractivity contribution in [1.82, 2.24) is 4.72 Å². The highest BCUT2D eigenvalue weighted by molar-refractivity contribution is 7.89. The van der Waals surface area contributed by atoms with E-state index in [0.717, 1.165) is 19.2 Å². The predicted octanol–water partition coefficient (Wildman–Crippen LogP) is 1.14. The number of carboxylic acid groups (broad SMARTS) is 1. The monoisotopic (exact) mass is 333 g/mol. The van der Waals surface area contributed by atoms with Crippen molar-refractivity contribution in [3.8, 4) is 0 Å². The largest absolute Gasteiger partial charge is 0.480 e. The lowest BCUT2D eigenvalue weighted by atomic mass is 10.2. The number of carbonyl (C=O) groups excluding carboxylic acids is 1. The molecule has 9 heteroatoms. The van der Waals surface area contributed by atoms with Gasteiger partial charge in [-0.15, -0.1) is 0 Å². The summed E-state index contributed by atoms with van der Waals surface area (Å²) in [4.78, 5) is 22.0. The van der Waals surface area contributed by atoms with Gasteiger partial charge < -0.3 is 9.84 Å². The summed E-state index contributed by atoms with van der Waals surface area (Å²) in [6.45, 7) is 1.69. The molecule has 1 unspecified atom stereocenters. The molecule has 122 valence electrons. The van der Waals surface area contributed by atoms with Gasteiger partial charge in [0.05, 0.1) is 17.6 Å². The Kier molecular flexibility index (Phi) is 6.01. The number of rotatable bonds is 7. The molecule has 0 heterocycles. The maximum atomic E-state index is 13.3. The highest BCUT2D eigenvalue weighted by Crippen LogP contribution is 2.19. The number of carbonyl (C=O) groups is 2. The Balaban J connectivity index is 3.30. The molecule has 0 amide bonds. The van der Waals surface area contributed by atoms with Gasteiger partial charge in [-0.25, -0.2) is 17.6 Å².